The first-order valence-electron chi connectivity index (χ1n) is 12.1. The number of benzene rings is 3. The van der Waals surface area contributed by atoms with Gasteiger partial charge >= 0.3 is 0 Å². The number of carbonyl (C=O) groups excluding carboxylic acids is 1. The first-order chi connectivity index (χ1) is 17.9. The third kappa shape index (κ3) is 6.25. The number of carbonyl (C=O) groups is 1. The Morgan fingerprint density at radius 3 is 2.59 bits per heavy atom. The fourth-order valence-corrected chi connectivity index (χ4v) is 5.78. The quantitative estimate of drug-likeness (QED) is 0.309. The van der Waals surface area contributed by atoms with Crippen molar-refractivity contribution in [1.29, 1.82) is 0 Å². The molecule has 0 radical (unpaired) electrons. The summed E-state index contributed by atoms with van der Waals surface area (Å²) >= 11 is 1.18. The topological polar surface area (TPSA) is 124 Å². The Bertz CT molecular complexity index is 1530. The number of nitrogens with two attached hydrogens (primary N) is 1. The van der Waals surface area contributed by atoms with E-state index in [1.807, 2.05) is 36.4 Å². The van der Waals surface area contributed by atoms with E-state index in [1.54, 1.807) is 6.07 Å². The van der Waals surface area contributed by atoms with E-state index in [1.165, 1.54) is 23.5 Å². The van der Waals surface area contributed by atoms with Gasteiger partial charge in [-0.25, -0.2) is 18.5 Å². The lowest BCUT2D eigenvalue weighted by Gasteiger charge is -2.26. The van der Waals surface area contributed by atoms with Crippen LogP contribution in [0.25, 0.3) is 21.0 Å². The zero-order valence-corrected chi connectivity index (χ0v) is 21.8. The molecule has 0 spiro atoms. The summed E-state index contributed by atoms with van der Waals surface area (Å²) in [4.78, 5) is 20.1. The summed E-state index contributed by atoms with van der Waals surface area (Å²) in [5, 5.41) is 10.3. The predicted octanol–water partition coefficient (Wildman–Crippen LogP) is 3.84. The van der Waals surface area contributed by atoms with Crippen LogP contribution in [0.2, 0.25) is 0 Å². The number of rotatable bonds is 9. The highest BCUT2D eigenvalue weighted by molar-refractivity contribution is 7.89. The van der Waals surface area contributed by atoms with Crippen molar-refractivity contribution in [3.05, 3.63) is 60.2 Å². The molecule has 11 heteroatoms. The third-order valence-electron chi connectivity index (χ3n) is 6.23. The van der Waals surface area contributed by atoms with E-state index in [2.05, 4.69) is 15.2 Å². The van der Waals surface area contributed by atoms with E-state index in [4.69, 9.17) is 14.6 Å². The third-order valence-corrected chi connectivity index (χ3v) is 8.08. The molecule has 5 rings (SSSR count). The molecule has 0 saturated carbocycles. The van der Waals surface area contributed by atoms with Crippen molar-refractivity contribution in [1.82, 2.24) is 9.88 Å². The highest BCUT2D eigenvalue weighted by Crippen LogP contribution is 2.31. The molecular formula is C26H28N4O5S2. The van der Waals surface area contributed by atoms with Gasteiger partial charge in [-0.3, -0.25) is 15.0 Å². The van der Waals surface area contributed by atoms with Crippen LogP contribution in [-0.2, 0) is 14.8 Å². The minimum Gasteiger partial charge on any atom is -0.493 e. The Hall–Kier alpha value is -3.09. The molecule has 1 aliphatic rings. The summed E-state index contributed by atoms with van der Waals surface area (Å²) in [5.41, 5.74) is 0.985. The van der Waals surface area contributed by atoms with Gasteiger partial charge in [-0.05, 0) is 60.5 Å². The van der Waals surface area contributed by atoms with Crippen LogP contribution in [-0.4, -0.2) is 63.7 Å². The monoisotopic (exact) mass is 540 g/mol. The first-order valence-corrected chi connectivity index (χ1v) is 14.4. The van der Waals surface area contributed by atoms with Crippen LogP contribution >= 0.6 is 11.3 Å². The molecule has 4 aromatic rings. The van der Waals surface area contributed by atoms with Gasteiger partial charge in [0.05, 0.1) is 40.5 Å². The maximum absolute atomic E-state index is 13.3. The van der Waals surface area contributed by atoms with Crippen LogP contribution in [0, 0.1) is 0 Å². The van der Waals surface area contributed by atoms with Gasteiger partial charge in [-0.2, -0.15) is 0 Å². The molecule has 1 amide bonds. The van der Waals surface area contributed by atoms with Gasteiger partial charge in [-0.1, -0.05) is 35.6 Å². The molecule has 0 unspecified atom stereocenters. The van der Waals surface area contributed by atoms with Crippen molar-refractivity contribution in [3.63, 3.8) is 0 Å². The molecule has 1 fully saturated rings. The number of hydrogen-bond donors (Lipinski definition) is 2. The zero-order chi connectivity index (χ0) is 25.8. The summed E-state index contributed by atoms with van der Waals surface area (Å²) in [6, 6.07) is 15.9. The van der Waals surface area contributed by atoms with Gasteiger partial charge in [0.1, 0.15) is 5.75 Å². The van der Waals surface area contributed by atoms with Gasteiger partial charge in [-0.15, -0.1) is 0 Å². The molecule has 1 aliphatic heterocycles. The lowest BCUT2D eigenvalue weighted by Crippen LogP contribution is -2.36. The van der Waals surface area contributed by atoms with Crippen molar-refractivity contribution in [2.24, 2.45) is 5.14 Å². The number of thiazole rings is 1. The Morgan fingerprint density at radius 1 is 1.08 bits per heavy atom. The van der Waals surface area contributed by atoms with Gasteiger partial charge in [0, 0.05) is 13.1 Å². The van der Waals surface area contributed by atoms with Gasteiger partial charge < -0.3 is 9.47 Å². The largest absolute Gasteiger partial charge is 0.493 e. The molecule has 37 heavy (non-hydrogen) atoms. The molecule has 194 valence electrons. The Balaban J connectivity index is 1.31. The molecule has 3 N–H and O–H groups in total. The fraction of sp³-hybridized carbons (Fsp3) is 0.308. The zero-order valence-electron chi connectivity index (χ0n) is 20.2. The maximum Gasteiger partial charge on any atom is 0.261 e. The van der Waals surface area contributed by atoms with Crippen LogP contribution in [0.3, 0.4) is 0 Å². The molecule has 1 aromatic heterocycles. The number of unbranched alkanes of at least 4 members (excludes halogenated alkanes) is 1. The predicted molar refractivity (Wildman–Crippen MR) is 145 cm³/mol. The number of nitrogens with zero attached hydrogens (tertiary/aromatic N) is 2. The minimum absolute atomic E-state index is 0.000335. The van der Waals surface area contributed by atoms with Crippen LogP contribution < -0.4 is 15.2 Å². The number of morpholine rings is 1. The van der Waals surface area contributed by atoms with E-state index in [9.17, 15) is 13.2 Å². The fourth-order valence-electron chi connectivity index (χ4n) is 4.26. The van der Waals surface area contributed by atoms with Crippen LogP contribution in [0.15, 0.2) is 59.5 Å². The lowest BCUT2D eigenvalue weighted by atomic mass is 10.1. The lowest BCUT2D eigenvalue weighted by molar-refractivity contribution is 0.0368. The van der Waals surface area contributed by atoms with Crippen LogP contribution in [0.4, 0.5) is 5.13 Å². The summed E-state index contributed by atoms with van der Waals surface area (Å²) in [6.07, 6.45) is 1.87. The second-order valence-corrected chi connectivity index (χ2v) is 11.4. The Kier molecular flexibility index (Phi) is 7.68. The molecule has 0 atom stereocenters. The van der Waals surface area contributed by atoms with E-state index in [0.717, 1.165) is 56.5 Å². The van der Waals surface area contributed by atoms with Crippen molar-refractivity contribution in [3.8, 4) is 5.75 Å². The number of ether oxygens (including phenoxy) is 2. The first kappa shape index (κ1) is 25.6. The van der Waals surface area contributed by atoms with Gasteiger partial charge in [0.2, 0.25) is 10.0 Å². The van der Waals surface area contributed by atoms with Crippen LogP contribution in [0.5, 0.6) is 5.75 Å². The van der Waals surface area contributed by atoms with Crippen molar-refractivity contribution >= 4 is 53.4 Å². The van der Waals surface area contributed by atoms with Crippen molar-refractivity contribution in [2.75, 3.05) is 44.8 Å². The number of nitrogens with one attached hydrogen (secondary N) is 1. The smallest absolute Gasteiger partial charge is 0.261 e. The number of sulfonamides is 1. The SMILES string of the molecule is NS(=O)(=O)c1ccc2nc(NC(=O)c3cc4ccccc4cc3OCCCCN3CCOCC3)sc2c1. The standard InChI is InChI=1S/C26H28N4O5S2/c27-37(32,33)20-7-8-22-24(17-20)36-26(28-22)29-25(31)21-15-18-5-1-2-6-19(18)16-23(21)35-12-4-3-9-30-10-13-34-14-11-30/h1-2,5-8,15-17H,3-4,9-14H2,(H2,27,32,33)(H,28,29,31). The van der Waals surface area contributed by atoms with Crippen molar-refractivity contribution < 1.29 is 22.7 Å². The van der Waals surface area contributed by atoms with E-state index in [-0.39, 0.29) is 10.8 Å². The average molecular weight is 541 g/mol. The average Bonchev–Trinajstić information content (AvgIpc) is 3.29. The van der Waals surface area contributed by atoms with E-state index < -0.39 is 10.0 Å². The second kappa shape index (κ2) is 11.1. The summed E-state index contributed by atoms with van der Waals surface area (Å²) < 4.78 is 35.4. The molecule has 1 saturated heterocycles. The maximum atomic E-state index is 13.3. The summed E-state index contributed by atoms with van der Waals surface area (Å²) in [5.74, 6) is 0.167. The van der Waals surface area contributed by atoms with Gasteiger partial charge in [0.25, 0.3) is 5.91 Å². The highest BCUT2D eigenvalue weighted by Gasteiger charge is 2.18. The second-order valence-electron chi connectivity index (χ2n) is 8.85. The molecular weight excluding hydrogens is 512 g/mol. The van der Waals surface area contributed by atoms with E-state index >= 15 is 0 Å². The summed E-state index contributed by atoms with van der Waals surface area (Å²) in [6.45, 7) is 5.00. The number of aromatic nitrogens is 1. The minimum atomic E-state index is -3.83. The number of amides is 1. The summed E-state index contributed by atoms with van der Waals surface area (Å²) in [7, 11) is -3.83. The highest BCUT2D eigenvalue weighted by atomic mass is 32.2. The molecule has 3 aromatic carbocycles. The normalized spacial score (nSPS) is 14.7. The van der Waals surface area contributed by atoms with Gasteiger partial charge in [0.15, 0.2) is 5.13 Å². The number of fused-ring (bicyclic) bond motifs is 2. The molecule has 0 bridgehead atoms. The van der Waals surface area contributed by atoms with E-state index in [0.29, 0.717) is 33.3 Å². The number of hydrogen-bond acceptors (Lipinski definition) is 8. The Labute approximate surface area is 219 Å². The van der Waals surface area contributed by atoms with Crippen molar-refractivity contribution in [2.45, 2.75) is 17.7 Å². The molecule has 0 aliphatic carbocycles. The van der Waals surface area contributed by atoms with Crippen LogP contribution in [0.1, 0.15) is 23.2 Å². The Morgan fingerprint density at radius 2 is 1.84 bits per heavy atom. The number of primary sulfonamides is 1. The molecule has 9 nitrogen and oxygen atoms in total. The number of anilines is 1. The molecule has 2 heterocycles.